The number of rotatable bonds is 13. The summed E-state index contributed by atoms with van der Waals surface area (Å²) < 4.78 is 32.4. The molecule has 0 spiro atoms. The Morgan fingerprint density at radius 2 is 1.56 bits per heavy atom. The van der Waals surface area contributed by atoms with E-state index in [0.717, 1.165) is 42.9 Å². The topological polar surface area (TPSA) is 134 Å². The highest BCUT2D eigenvalue weighted by Gasteiger charge is 2.30. The van der Waals surface area contributed by atoms with Crippen LogP contribution in [-0.2, 0) is 11.0 Å². The first kappa shape index (κ1) is 33.2. The number of benzene rings is 3. The van der Waals surface area contributed by atoms with Gasteiger partial charge in [0.25, 0.3) is 0 Å². The van der Waals surface area contributed by atoms with Crippen molar-refractivity contribution in [3.8, 4) is 28.5 Å². The molecular weight excluding hydrogens is 667 g/mol. The van der Waals surface area contributed by atoms with E-state index in [1.807, 2.05) is 90.3 Å². The number of hydrogen-bond acceptors (Lipinski definition) is 10. The molecular formula is C38H35N6O4PS. The summed E-state index contributed by atoms with van der Waals surface area (Å²) in [6.45, 7) is 0.241. The highest BCUT2D eigenvalue weighted by molar-refractivity contribution is 7.76. The van der Waals surface area contributed by atoms with Crippen molar-refractivity contribution < 1.29 is 18.8 Å². The third-order valence-corrected chi connectivity index (χ3v) is 12.1. The zero-order chi connectivity index (χ0) is 34.5. The first-order valence-corrected chi connectivity index (χ1v) is 18.6. The number of nitrogens with one attached hydrogen (secondary N) is 1. The third kappa shape index (κ3) is 6.89. The molecule has 0 bridgehead atoms. The van der Waals surface area contributed by atoms with Gasteiger partial charge >= 0.3 is 0 Å². The molecule has 50 heavy (non-hydrogen) atoms. The maximum atomic E-state index is 14.9. The van der Waals surface area contributed by atoms with Crippen LogP contribution in [0.4, 0.5) is 5.82 Å². The quantitative estimate of drug-likeness (QED) is 0.0976. The van der Waals surface area contributed by atoms with Gasteiger partial charge in [0.2, 0.25) is 7.29 Å². The molecule has 12 heteroatoms. The number of aromatic nitrogens is 4. The Labute approximate surface area is 293 Å². The molecule has 0 amide bonds. The Bertz CT molecular complexity index is 2250. The molecule has 0 aliphatic carbocycles. The van der Waals surface area contributed by atoms with Crippen molar-refractivity contribution >= 4 is 56.7 Å². The lowest BCUT2D eigenvalue weighted by molar-refractivity contribution is 0.272. The Kier molecular flexibility index (Phi) is 9.71. The van der Waals surface area contributed by atoms with Crippen LogP contribution < -0.4 is 35.6 Å². The highest BCUT2D eigenvalue weighted by atomic mass is 32.1. The fraction of sp³-hybridized carbons (Fsp3) is 0.158. The lowest BCUT2D eigenvalue weighted by atomic mass is 10.0. The van der Waals surface area contributed by atoms with Crippen LogP contribution in [0.5, 0.6) is 17.2 Å². The van der Waals surface area contributed by atoms with Crippen LogP contribution in [-0.4, -0.2) is 46.8 Å². The molecule has 0 fully saturated rings. The molecule has 7 rings (SSSR count). The average molecular weight is 703 g/mol. The predicted octanol–water partition coefficient (Wildman–Crippen LogP) is 6.80. The zero-order valence-electron chi connectivity index (χ0n) is 27.5. The molecule has 0 radical (unpaired) electrons. The number of hydrogen-bond donors (Lipinski definition) is 2. The van der Waals surface area contributed by atoms with E-state index in [-0.39, 0.29) is 12.6 Å². The van der Waals surface area contributed by atoms with Gasteiger partial charge in [0.05, 0.1) is 36.6 Å². The van der Waals surface area contributed by atoms with Crippen molar-refractivity contribution in [2.75, 3.05) is 26.6 Å². The fourth-order valence-electron chi connectivity index (χ4n) is 5.93. The van der Waals surface area contributed by atoms with Crippen molar-refractivity contribution in [3.63, 3.8) is 0 Å². The van der Waals surface area contributed by atoms with Crippen molar-refractivity contribution in [2.24, 2.45) is 0 Å². The van der Waals surface area contributed by atoms with Crippen LogP contribution in [0, 0.1) is 0 Å². The minimum absolute atomic E-state index is 0.241. The predicted molar refractivity (Wildman–Crippen MR) is 200 cm³/mol. The van der Waals surface area contributed by atoms with Gasteiger partial charge in [-0.2, -0.15) is 0 Å². The number of fused-ring (bicyclic) bond motifs is 3. The first-order valence-electron chi connectivity index (χ1n) is 16.0. The van der Waals surface area contributed by atoms with Gasteiger partial charge in [-0.1, -0.05) is 36.4 Å². The molecule has 0 saturated carbocycles. The van der Waals surface area contributed by atoms with Crippen molar-refractivity contribution in [1.29, 1.82) is 0 Å². The summed E-state index contributed by atoms with van der Waals surface area (Å²) in [5.41, 5.74) is 8.58. The van der Waals surface area contributed by atoms with E-state index in [0.29, 0.717) is 41.6 Å². The maximum Gasteiger partial charge on any atom is 0.204 e. The number of nitrogen functional groups attached to an aromatic ring is 1. The summed E-state index contributed by atoms with van der Waals surface area (Å²) in [5.74, 6) is 2.07. The second-order valence-electron chi connectivity index (χ2n) is 11.6. The smallest absolute Gasteiger partial charge is 0.204 e. The standard InChI is InChI=1S/C38H35N6O4PS/c1-46-35-19-31-30-18-33(43-38(39)32(30)23-42-34(31)20-36(35)47-2)25-17-27(22-40-21-25)48-24-26(13-14-37-41-15-16-50-37)44-49(45,28-9-5-3-6-10-28)29-11-7-4-8-12-29/h3-12,15-23,26H,13-14,24H2,1-2H3,(H2,39,43)(H,44,45). The van der Waals surface area contributed by atoms with E-state index < -0.39 is 7.29 Å². The SMILES string of the molecule is COc1cc2ncc3c(N)nc(-c4cncc(OCC(CCc5nccs5)NP(=O)(c5ccccc5)c5ccccc5)c4)cc3c2cc1OC. The van der Waals surface area contributed by atoms with Crippen molar-refractivity contribution in [3.05, 3.63) is 120 Å². The molecule has 1 unspecified atom stereocenters. The normalized spacial score (nSPS) is 12.2. The lowest BCUT2D eigenvalue weighted by Crippen LogP contribution is -2.39. The monoisotopic (exact) mass is 702 g/mol. The largest absolute Gasteiger partial charge is 0.493 e. The average Bonchev–Trinajstić information content (AvgIpc) is 3.70. The van der Waals surface area contributed by atoms with E-state index in [9.17, 15) is 4.57 Å². The molecule has 7 aromatic rings. The molecule has 4 aromatic heterocycles. The molecule has 4 heterocycles. The third-order valence-electron chi connectivity index (χ3n) is 8.47. The van der Waals surface area contributed by atoms with Gasteiger partial charge in [-0.25, -0.2) is 9.97 Å². The molecule has 252 valence electrons. The number of aryl methyl sites for hydroxylation is 1. The molecule has 0 aliphatic heterocycles. The van der Waals surface area contributed by atoms with Crippen LogP contribution in [0.15, 0.2) is 115 Å². The second kappa shape index (κ2) is 14.6. The highest BCUT2D eigenvalue weighted by Crippen LogP contribution is 2.40. The summed E-state index contributed by atoms with van der Waals surface area (Å²) in [4.78, 5) is 18.2. The van der Waals surface area contributed by atoms with Gasteiger partial charge in [0, 0.05) is 69.4 Å². The van der Waals surface area contributed by atoms with Gasteiger partial charge in [-0.15, -0.1) is 11.3 Å². The van der Waals surface area contributed by atoms with Gasteiger partial charge < -0.3 is 19.9 Å². The van der Waals surface area contributed by atoms with Crippen LogP contribution in [0.25, 0.3) is 32.9 Å². The molecule has 3 N–H and O–H groups in total. The molecule has 0 aliphatic rings. The van der Waals surface area contributed by atoms with Crippen LogP contribution in [0.1, 0.15) is 11.4 Å². The van der Waals surface area contributed by atoms with E-state index in [1.54, 1.807) is 50.3 Å². The van der Waals surface area contributed by atoms with E-state index >= 15 is 0 Å². The first-order chi connectivity index (χ1) is 24.4. The number of anilines is 1. The fourth-order valence-corrected chi connectivity index (χ4v) is 9.07. The Morgan fingerprint density at radius 1 is 0.840 bits per heavy atom. The summed E-state index contributed by atoms with van der Waals surface area (Å²) in [7, 11) is -0.0406. The minimum Gasteiger partial charge on any atom is -0.493 e. The molecule has 1 atom stereocenters. The Morgan fingerprint density at radius 3 is 2.24 bits per heavy atom. The molecule has 3 aromatic carbocycles. The number of nitrogens with two attached hydrogens (primary N) is 1. The van der Waals surface area contributed by atoms with Gasteiger partial charge in [-0.05, 0) is 54.3 Å². The van der Waals surface area contributed by atoms with Gasteiger partial charge in [-0.3, -0.25) is 19.6 Å². The van der Waals surface area contributed by atoms with Crippen molar-refractivity contribution in [1.82, 2.24) is 25.0 Å². The van der Waals surface area contributed by atoms with Crippen molar-refractivity contribution in [2.45, 2.75) is 18.9 Å². The molecule has 10 nitrogen and oxygen atoms in total. The van der Waals surface area contributed by atoms with E-state index in [4.69, 9.17) is 24.9 Å². The Balaban J connectivity index is 1.19. The Hall–Kier alpha value is -5.35. The van der Waals surface area contributed by atoms with Gasteiger partial charge in [0.1, 0.15) is 18.2 Å². The van der Waals surface area contributed by atoms with Crippen LogP contribution >= 0.6 is 18.6 Å². The van der Waals surface area contributed by atoms with Crippen LogP contribution in [0.2, 0.25) is 0 Å². The number of nitrogens with zero attached hydrogens (tertiary/aromatic N) is 4. The van der Waals surface area contributed by atoms with E-state index in [1.165, 1.54) is 0 Å². The maximum absolute atomic E-state index is 14.9. The summed E-state index contributed by atoms with van der Waals surface area (Å²) in [5, 5.41) is 10.4. The van der Waals surface area contributed by atoms with Gasteiger partial charge in [0.15, 0.2) is 11.5 Å². The number of methoxy groups -OCH3 is 2. The van der Waals surface area contributed by atoms with Crippen LogP contribution in [0.3, 0.4) is 0 Å². The number of thiazole rings is 1. The minimum atomic E-state index is -3.23. The summed E-state index contributed by atoms with van der Waals surface area (Å²) in [6, 6.07) is 26.4. The summed E-state index contributed by atoms with van der Waals surface area (Å²) >= 11 is 1.60. The summed E-state index contributed by atoms with van der Waals surface area (Å²) in [6.07, 6.45) is 8.27. The molecule has 0 saturated heterocycles. The zero-order valence-corrected chi connectivity index (χ0v) is 29.2. The van der Waals surface area contributed by atoms with E-state index in [2.05, 4.69) is 20.0 Å². The number of ether oxygens (including phenoxy) is 3. The second-order valence-corrected chi connectivity index (χ2v) is 15.1. The number of pyridine rings is 3. The lowest BCUT2D eigenvalue weighted by Gasteiger charge is -2.27.